The van der Waals surface area contributed by atoms with Gasteiger partial charge in [-0.3, -0.25) is 0 Å². The summed E-state index contributed by atoms with van der Waals surface area (Å²) in [5.74, 6) is 0. The molecule has 1 aliphatic heterocycles. The van der Waals surface area contributed by atoms with Gasteiger partial charge >= 0.3 is 0 Å². The molecule has 1 heterocycles. The first-order chi connectivity index (χ1) is 3.80. The molecule has 0 saturated carbocycles. The quantitative estimate of drug-likeness (QED) is 0.462. The topological polar surface area (TPSA) is 9.23 Å². The fourth-order valence-electron chi connectivity index (χ4n) is 0.597. The molecule has 0 spiro atoms. The molecule has 8 heavy (non-hydrogen) atoms. The molecule has 0 radical (unpaired) electrons. The van der Waals surface area contributed by atoms with Gasteiger partial charge in [-0.15, -0.1) is 0 Å². The van der Waals surface area contributed by atoms with Crippen molar-refractivity contribution in [2.75, 3.05) is 0 Å². The second kappa shape index (κ2) is 2.03. The zero-order chi connectivity index (χ0) is 5.98. The number of allylic oxidation sites excluding steroid dienone is 2. The first-order valence-corrected chi connectivity index (χ1v) is 2.79. The van der Waals surface area contributed by atoms with E-state index in [9.17, 15) is 0 Å². The third kappa shape index (κ3) is 0.915. The van der Waals surface area contributed by atoms with Gasteiger partial charge in [-0.25, -0.2) is 0 Å². The molecule has 0 fully saturated rings. The van der Waals surface area contributed by atoms with E-state index in [1.165, 1.54) is 5.57 Å². The molecule has 0 aliphatic carbocycles. The Hall–Kier alpha value is -0.720. The van der Waals surface area contributed by atoms with Crippen molar-refractivity contribution in [1.29, 1.82) is 0 Å². The summed E-state index contributed by atoms with van der Waals surface area (Å²) in [6.45, 7) is 4.10. The molecular weight excluding hydrogens is 100 g/mol. The van der Waals surface area contributed by atoms with Crippen molar-refractivity contribution in [3.63, 3.8) is 0 Å². The molecule has 1 unspecified atom stereocenters. The lowest BCUT2D eigenvalue weighted by Crippen LogP contribution is -2.07. The lowest BCUT2D eigenvalue weighted by atomic mass is 10.1. The standard InChI is InChI=1S/C7H10O/c1-6-4-3-5-8-7(6)2/h3-5,7H,1-2H3. The van der Waals surface area contributed by atoms with Gasteiger partial charge in [0.2, 0.25) is 0 Å². The molecule has 0 N–H and O–H groups in total. The number of ether oxygens (including phenoxy) is 1. The third-order valence-electron chi connectivity index (χ3n) is 1.36. The van der Waals surface area contributed by atoms with Crippen LogP contribution in [-0.4, -0.2) is 6.10 Å². The fourth-order valence-corrected chi connectivity index (χ4v) is 0.597. The first kappa shape index (κ1) is 5.42. The molecule has 0 aromatic carbocycles. The summed E-state index contributed by atoms with van der Waals surface area (Å²) in [5.41, 5.74) is 1.28. The van der Waals surface area contributed by atoms with E-state index in [0.717, 1.165) is 0 Å². The Kier molecular flexibility index (Phi) is 1.38. The van der Waals surface area contributed by atoms with Crippen LogP contribution >= 0.6 is 0 Å². The lowest BCUT2D eigenvalue weighted by Gasteiger charge is -2.13. The van der Waals surface area contributed by atoms with Gasteiger partial charge in [0.25, 0.3) is 0 Å². The maximum atomic E-state index is 5.14. The van der Waals surface area contributed by atoms with E-state index in [1.54, 1.807) is 6.26 Å². The van der Waals surface area contributed by atoms with Gasteiger partial charge in [-0.2, -0.15) is 0 Å². The minimum absolute atomic E-state index is 0.278. The molecule has 0 saturated heterocycles. The highest BCUT2D eigenvalue weighted by Gasteiger charge is 2.03. The van der Waals surface area contributed by atoms with Crippen LogP contribution in [0.5, 0.6) is 0 Å². The van der Waals surface area contributed by atoms with Gasteiger partial charge < -0.3 is 4.74 Å². The minimum Gasteiger partial charge on any atom is -0.494 e. The maximum absolute atomic E-state index is 5.14. The molecule has 0 amide bonds. The fraction of sp³-hybridized carbons (Fsp3) is 0.429. The Morgan fingerprint density at radius 2 is 2.38 bits per heavy atom. The molecule has 44 valence electrons. The molecule has 0 aromatic heterocycles. The zero-order valence-corrected chi connectivity index (χ0v) is 5.22. The Bertz CT molecular complexity index is 133. The van der Waals surface area contributed by atoms with Crippen molar-refractivity contribution in [3.05, 3.63) is 24.0 Å². The second-order valence-electron chi connectivity index (χ2n) is 2.02. The summed E-state index contributed by atoms with van der Waals surface area (Å²) in [4.78, 5) is 0. The van der Waals surface area contributed by atoms with Crippen LogP contribution in [0.15, 0.2) is 24.0 Å². The van der Waals surface area contributed by atoms with Crippen molar-refractivity contribution in [2.45, 2.75) is 20.0 Å². The van der Waals surface area contributed by atoms with Crippen LogP contribution in [0.4, 0.5) is 0 Å². The van der Waals surface area contributed by atoms with E-state index >= 15 is 0 Å². The largest absolute Gasteiger partial charge is 0.494 e. The molecule has 1 aliphatic rings. The summed E-state index contributed by atoms with van der Waals surface area (Å²) in [5, 5.41) is 0. The number of hydrogen-bond acceptors (Lipinski definition) is 1. The van der Waals surface area contributed by atoms with Crippen LogP contribution < -0.4 is 0 Å². The zero-order valence-electron chi connectivity index (χ0n) is 5.22. The summed E-state index contributed by atoms with van der Waals surface area (Å²) >= 11 is 0. The normalized spacial score (nSPS) is 26.8. The molecule has 1 nitrogen and oxygen atoms in total. The highest BCUT2D eigenvalue weighted by molar-refractivity contribution is 5.15. The van der Waals surface area contributed by atoms with Crippen LogP contribution in [0.1, 0.15) is 13.8 Å². The Balaban J connectivity index is 2.66. The summed E-state index contributed by atoms with van der Waals surface area (Å²) in [7, 11) is 0. The first-order valence-electron chi connectivity index (χ1n) is 2.79. The van der Waals surface area contributed by atoms with Crippen LogP contribution in [0.25, 0.3) is 0 Å². The Labute approximate surface area is 49.7 Å². The smallest absolute Gasteiger partial charge is 0.116 e. The molecule has 1 atom stereocenters. The van der Waals surface area contributed by atoms with Gasteiger partial charge in [-0.1, -0.05) is 6.08 Å². The van der Waals surface area contributed by atoms with Crippen molar-refractivity contribution >= 4 is 0 Å². The molecule has 0 aromatic rings. The second-order valence-corrected chi connectivity index (χ2v) is 2.02. The predicted octanol–water partition coefficient (Wildman–Crippen LogP) is 1.87. The van der Waals surface area contributed by atoms with Crippen LogP contribution in [0.3, 0.4) is 0 Å². The van der Waals surface area contributed by atoms with Crippen molar-refractivity contribution in [2.24, 2.45) is 0 Å². The average molecular weight is 110 g/mol. The van der Waals surface area contributed by atoms with E-state index in [-0.39, 0.29) is 6.10 Å². The van der Waals surface area contributed by atoms with E-state index < -0.39 is 0 Å². The molecule has 1 rings (SSSR count). The van der Waals surface area contributed by atoms with E-state index in [1.807, 2.05) is 13.0 Å². The van der Waals surface area contributed by atoms with Crippen LogP contribution in [0, 0.1) is 0 Å². The maximum Gasteiger partial charge on any atom is 0.116 e. The molecule has 1 heteroatoms. The van der Waals surface area contributed by atoms with E-state index in [2.05, 4.69) is 13.0 Å². The third-order valence-corrected chi connectivity index (χ3v) is 1.36. The SMILES string of the molecule is CC1=CC=COC1C. The Morgan fingerprint density at radius 3 is 2.75 bits per heavy atom. The lowest BCUT2D eigenvalue weighted by molar-refractivity contribution is 0.189. The van der Waals surface area contributed by atoms with Gasteiger partial charge in [0.1, 0.15) is 6.10 Å². The van der Waals surface area contributed by atoms with Gasteiger partial charge in [-0.05, 0) is 25.5 Å². The van der Waals surface area contributed by atoms with E-state index in [4.69, 9.17) is 4.74 Å². The Morgan fingerprint density at radius 1 is 1.62 bits per heavy atom. The minimum atomic E-state index is 0.278. The molecular formula is C7H10O. The van der Waals surface area contributed by atoms with Crippen molar-refractivity contribution in [1.82, 2.24) is 0 Å². The van der Waals surface area contributed by atoms with E-state index in [0.29, 0.717) is 0 Å². The van der Waals surface area contributed by atoms with Gasteiger partial charge in [0.15, 0.2) is 0 Å². The summed E-state index contributed by atoms with van der Waals surface area (Å²) in [6.07, 6.45) is 5.97. The highest BCUT2D eigenvalue weighted by atomic mass is 16.5. The monoisotopic (exact) mass is 110 g/mol. The highest BCUT2D eigenvalue weighted by Crippen LogP contribution is 2.09. The van der Waals surface area contributed by atoms with Gasteiger partial charge in [0, 0.05) is 0 Å². The van der Waals surface area contributed by atoms with Gasteiger partial charge in [0.05, 0.1) is 6.26 Å². The van der Waals surface area contributed by atoms with Crippen molar-refractivity contribution < 1.29 is 4.74 Å². The molecule has 0 bridgehead atoms. The number of hydrogen-bond donors (Lipinski definition) is 0. The predicted molar refractivity (Wildman–Crippen MR) is 33.4 cm³/mol. The van der Waals surface area contributed by atoms with Crippen LogP contribution in [-0.2, 0) is 4.74 Å². The number of rotatable bonds is 0. The average Bonchev–Trinajstić information content (AvgIpc) is 1.77. The summed E-state index contributed by atoms with van der Waals surface area (Å²) in [6, 6.07) is 0. The van der Waals surface area contributed by atoms with Crippen LogP contribution in [0.2, 0.25) is 0 Å². The van der Waals surface area contributed by atoms with Crippen molar-refractivity contribution in [3.8, 4) is 0 Å². The summed E-state index contributed by atoms with van der Waals surface area (Å²) < 4.78 is 5.14.